The fraction of sp³-hybridized carbons (Fsp3) is 0.0238. The van der Waals surface area contributed by atoms with Crippen molar-refractivity contribution in [3.8, 4) is 28.0 Å². The summed E-state index contributed by atoms with van der Waals surface area (Å²) in [5.74, 6) is 0.836. The van der Waals surface area contributed by atoms with Crippen LogP contribution in [0.15, 0.2) is 181 Å². The minimum atomic E-state index is 0.836. The van der Waals surface area contributed by atoms with Crippen LogP contribution in [-0.2, 0) is 0 Å². The van der Waals surface area contributed by atoms with Crippen molar-refractivity contribution in [3.05, 3.63) is 181 Å². The number of benzene rings is 6. The third-order valence-electron chi connectivity index (χ3n) is 8.06. The Labute approximate surface area is 284 Å². The molecule has 0 spiro atoms. The second-order valence-electron chi connectivity index (χ2n) is 11.1. The van der Waals surface area contributed by atoms with Crippen molar-refractivity contribution >= 4 is 50.1 Å². The predicted octanol–water partition coefficient (Wildman–Crippen LogP) is 12.1. The van der Waals surface area contributed by atoms with Crippen LogP contribution in [-0.4, -0.2) is 12.1 Å². The summed E-state index contributed by atoms with van der Waals surface area (Å²) in [7, 11) is 1.69. The third-order valence-corrected chi connectivity index (χ3v) is 8.52. The molecule has 5 heteroatoms. The normalized spacial score (nSPS) is 10.8. The molecular weight excluding hydrogens is 642 g/mol. The van der Waals surface area contributed by atoms with Crippen LogP contribution in [0.25, 0.3) is 22.3 Å². The van der Waals surface area contributed by atoms with Crippen LogP contribution in [0.5, 0.6) is 5.75 Å². The van der Waals surface area contributed by atoms with Gasteiger partial charge in [0, 0.05) is 51.0 Å². The molecule has 0 radical (unpaired) electrons. The summed E-state index contributed by atoms with van der Waals surface area (Å²) in [4.78, 5) is 8.91. The van der Waals surface area contributed by atoms with Crippen molar-refractivity contribution in [2.45, 2.75) is 0 Å². The summed E-state index contributed by atoms with van der Waals surface area (Å²) in [6.45, 7) is 0. The van der Waals surface area contributed by atoms with Crippen molar-refractivity contribution in [2.24, 2.45) is 0 Å². The average Bonchev–Trinajstić information content (AvgIpc) is 3.13. The van der Waals surface area contributed by atoms with E-state index in [1.165, 1.54) is 0 Å². The molecule has 0 atom stereocenters. The van der Waals surface area contributed by atoms with E-state index < -0.39 is 0 Å². The zero-order valence-corrected chi connectivity index (χ0v) is 27.5. The Hall–Kier alpha value is -5.65. The van der Waals surface area contributed by atoms with Crippen LogP contribution in [0.1, 0.15) is 0 Å². The van der Waals surface area contributed by atoms with Gasteiger partial charge in [-0.3, -0.25) is 4.98 Å². The number of hydrogen-bond donors (Lipinski definition) is 0. The molecule has 0 amide bonds. The van der Waals surface area contributed by atoms with E-state index in [-0.39, 0.29) is 0 Å². The zero-order chi connectivity index (χ0) is 32.0. The quantitative estimate of drug-likeness (QED) is 0.152. The van der Waals surface area contributed by atoms with Crippen molar-refractivity contribution in [1.82, 2.24) is 4.98 Å². The lowest BCUT2D eigenvalue weighted by Gasteiger charge is -2.30. The Morgan fingerprint density at radius 2 is 0.979 bits per heavy atom. The Morgan fingerprint density at radius 3 is 1.57 bits per heavy atom. The van der Waals surface area contributed by atoms with Crippen LogP contribution >= 0.6 is 15.9 Å². The molecule has 0 aliphatic rings. The maximum atomic E-state index is 5.41. The first-order valence-electron chi connectivity index (χ1n) is 15.4. The Bertz CT molecular complexity index is 2030. The monoisotopic (exact) mass is 673 g/mol. The van der Waals surface area contributed by atoms with Crippen LogP contribution in [0.2, 0.25) is 0 Å². The summed E-state index contributed by atoms with van der Waals surface area (Å²) in [5.41, 5.74) is 10.7. The lowest BCUT2D eigenvalue weighted by atomic mass is 10.0. The van der Waals surface area contributed by atoms with E-state index in [0.717, 1.165) is 66.6 Å². The number of ether oxygens (including phenoxy) is 1. The highest BCUT2D eigenvalue weighted by Crippen LogP contribution is 2.43. The molecule has 0 aliphatic heterocycles. The molecule has 0 N–H and O–H groups in total. The van der Waals surface area contributed by atoms with Crippen molar-refractivity contribution in [2.75, 3.05) is 16.9 Å². The topological polar surface area (TPSA) is 28.6 Å². The van der Waals surface area contributed by atoms with E-state index >= 15 is 0 Å². The lowest BCUT2D eigenvalue weighted by Crippen LogP contribution is -2.13. The van der Waals surface area contributed by atoms with E-state index in [0.29, 0.717) is 0 Å². The van der Waals surface area contributed by atoms with E-state index in [2.05, 4.69) is 164 Å². The third kappa shape index (κ3) is 6.67. The van der Waals surface area contributed by atoms with Gasteiger partial charge in [-0.05, 0) is 107 Å². The molecule has 0 fully saturated rings. The minimum Gasteiger partial charge on any atom is -0.497 e. The fourth-order valence-electron chi connectivity index (χ4n) is 5.81. The molecule has 4 nitrogen and oxygen atoms in total. The van der Waals surface area contributed by atoms with E-state index in [9.17, 15) is 0 Å². The number of anilines is 6. The molecule has 0 bridgehead atoms. The Balaban J connectivity index is 1.38. The number of para-hydroxylation sites is 2. The summed E-state index contributed by atoms with van der Waals surface area (Å²) >= 11 is 3.87. The molecule has 0 saturated carbocycles. The molecule has 228 valence electrons. The van der Waals surface area contributed by atoms with Gasteiger partial charge in [-0.15, -0.1) is 0 Å². The van der Waals surface area contributed by atoms with Gasteiger partial charge >= 0.3 is 0 Å². The summed E-state index contributed by atoms with van der Waals surface area (Å²) in [6, 6.07) is 57.1. The van der Waals surface area contributed by atoms with Gasteiger partial charge < -0.3 is 14.5 Å². The zero-order valence-electron chi connectivity index (χ0n) is 25.9. The molecular formula is C42H32BrN3O. The molecule has 7 aromatic rings. The Morgan fingerprint density at radius 1 is 0.447 bits per heavy atom. The molecule has 1 aromatic heterocycles. The first kappa shape index (κ1) is 30.0. The number of aromatic nitrogens is 1. The van der Waals surface area contributed by atoms with Crippen molar-refractivity contribution in [1.29, 1.82) is 0 Å². The highest BCUT2D eigenvalue weighted by atomic mass is 79.9. The number of hydrogen-bond acceptors (Lipinski definition) is 4. The smallest absolute Gasteiger partial charge is 0.118 e. The summed E-state index contributed by atoms with van der Waals surface area (Å²) < 4.78 is 6.39. The SMILES string of the molecule is COc1ccc(-c2cccc(N(c3ccc(-c4cccnc4)cc3)c3cc(Br)cc(N(c4ccccc4)c4ccccc4)c3)c2)cc1. The first-order chi connectivity index (χ1) is 23.2. The number of pyridine rings is 1. The fourth-order valence-corrected chi connectivity index (χ4v) is 6.28. The standard InChI is InChI=1S/C42H32BrN3O/c1-47-42-23-19-31(20-24-42)33-10-8-16-39(26-33)46(38-21-17-32(18-22-38)34-11-9-25-44-30-34)41-28-35(43)27-40(29-41)45(36-12-4-2-5-13-36)37-14-6-3-7-15-37/h2-30H,1H3. The van der Waals surface area contributed by atoms with Gasteiger partial charge in [-0.2, -0.15) is 0 Å². The van der Waals surface area contributed by atoms with Crippen LogP contribution in [0, 0.1) is 0 Å². The molecule has 0 unspecified atom stereocenters. The van der Waals surface area contributed by atoms with Crippen LogP contribution in [0.3, 0.4) is 0 Å². The van der Waals surface area contributed by atoms with E-state index in [4.69, 9.17) is 4.74 Å². The van der Waals surface area contributed by atoms with Gasteiger partial charge in [-0.1, -0.05) is 94.8 Å². The van der Waals surface area contributed by atoms with Gasteiger partial charge in [-0.25, -0.2) is 0 Å². The number of halogens is 1. The predicted molar refractivity (Wildman–Crippen MR) is 199 cm³/mol. The molecule has 0 saturated heterocycles. The number of rotatable bonds is 9. The highest BCUT2D eigenvalue weighted by Gasteiger charge is 2.19. The highest BCUT2D eigenvalue weighted by molar-refractivity contribution is 9.10. The average molecular weight is 675 g/mol. The Kier molecular flexibility index (Phi) is 8.80. The van der Waals surface area contributed by atoms with Crippen LogP contribution < -0.4 is 14.5 Å². The molecule has 7 rings (SSSR count). The number of methoxy groups -OCH3 is 1. The van der Waals surface area contributed by atoms with Crippen LogP contribution in [0.4, 0.5) is 34.1 Å². The van der Waals surface area contributed by atoms with Crippen molar-refractivity contribution in [3.63, 3.8) is 0 Å². The maximum absolute atomic E-state index is 5.41. The van der Waals surface area contributed by atoms with Gasteiger partial charge in [0.05, 0.1) is 7.11 Å². The minimum absolute atomic E-state index is 0.836. The first-order valence-corrected chi connectivity index (χ1v) is 16.2. The number of nitrogens with zero attached hydrogens (tertiary/aromatic N) is 3. The largest absolute Gasteiger partial charge is 0.497 e. The van der Waals surface area contributed by atoms with Gasteiger partial charge in [0.1, 0.15) is 5.75 Å². The summed E-state index contributed by atoms with van der Waals surface area (Å²) in [5, 5.41) is 0. The lowest BCUT2D eigenvalue weighted by molar-refractivity contribution is 0.415. The molecule has 47 heavy (non-hydrogen) atoms. The second kappa shape index (κ2) is 13.8. The van der Waals surface area contributed by atoms with Gasteiger partial charge in [0.2, 0.25) is 0 Å². The van der Waals surface area contributed by atoms with Crippen molar-refractivity contribution < 1.29 is 4.74 Å². The molecule has 1 heterocycles. The molecule has 6 aromatic carbocycles. The second-order valence-corrected chi connectivity index (χ2v) is 12.0. The maximum Gasteiger partial charge on any atom is 0.118 e. The summed E-state index contributed by atoms with van der Waals surface area (Å²) in [6.07, 6.45) is 3.70. The van der Waals surface area contributed by atoms with E-state index in [1.807, 2.05) is 36.5 Å². The van der Waals surface area contributed by atoms with Gasteiger partial charge in [0.15, 0.2) is 0 Å². The van der Waals surface area contributed by atoms with Gasteiger partial charge in [0.25, 0.3) is 0 Å². The van der Waals surface area contributed by atoms with E-state index in [1.54, 1.807) is 13.3 Å². The molecule has 0 aliphatic carbocycles.